The van der Waals surface area contributed by atoms with E-state index in [2.05, 4.69) is 4.98 Å². The van der Waals surface area contributed by atoms with Crippen LogP contribution in [0.25, 0.3) is 26.1 Å². The summed E-state index contributed by atoms with van der Waals surface area (Å²) < 4.78 is 29.8. The van der Waals surface area contributed by atoms with Gasteiger partial charge in [0.1, 0.15) is 4.83 Å². The number of nitrogens with zero attached hydrogens (tertiary/aromatic N) is 4. The van der Waals surface area contributed by atoms with Gasteiger partial charge in [0.15, 0.2) is 4.96 Å². The fourth-order valence-corrected chi connectivity index (χ4v) is 7.34. The summed E-state index contributed by atoms with van der Waals surface area (Å²) in [4.78, 5) is 22.0. The van der Waals surface area contributed by atoms with Crippen molar-refractivity contribution >= 4 is 64.7 Å². The van der Waals surface area contributed by atoms with Crippen molar-refractivity contribution in [1.29, 1.82) is 0 Å². The molecule has 3 aromatic heterocycles. The molecular weight excluding hydrogens is 464 g/mol. The van der Waals surface area contributed by atoms with E-state index in [0.717, 1.165) is 26.1 Å². The number of hydrogen-bond acceptors (Lipinski definition) is 6. The molecule has 0 atom stereocenters. The third-order valence-corrected chi connectivity index (χ3v) is 9.49. The molecule has 0 spiro atoms. The number of carbonyl (C=O) groups is 1. The van der Waals surface area contributed by atoms with E-state index in [1.807, 2.05) is 52.4 Å². The smallest absolute Gasteiger partial charge is 0.264 e. The lowest BCUT2D eigenvalue weighted by atomic mass is 10.1. The summed E-state index contributed by atoms with van der Waals surface area (Å²) in [5.41, 5.74) is 0.937. The lowest BCUT2D eigenvalue weighted by Crippen LogP contribution is -2.50. The van der Waals surface area contributed by atoms with Crippen LogP contribution in [-0.4, -0.2) is 59.1 Å². The van der Waals surface area contributed by atoms with Crippen molar-refractivity contribution in [2.24, 2.45) is 0 Å². The molecule has 0 unspecified atom stereocenters. The molecule has 32 heavy (non-hydrogen) atoms. The van der Waals surface area contributed by atoms with E-state index in [-0.39, 0.29) is 23.9 Å². The number of hydrogen-bond donors (Lipinski definition) is 0. The Bertz CT molecular complexity index is 1590. The van der Waals surface area contributed by atoms with E-state index in [4.69, 9.17) is 0 Å². The lowest BCUT2D eigenvalue weighted by molar-refractivity contribution is 0.0703. The van der Waals surface area contributed by atoms with Crippen LogP contribution in [0.15, 0.2) is 65.0 Å². The Morgan fingerprint density at radius 1 is 0.969 bits per heavy atom. The summed E-state index contributed by atoms with van der Waals surface area (Å²) in [6, 6.07) is 14.8. The molecule has 1 saturated heterocycles. The largest absolute Gasteiger partial charge is 0.335 e. The molecule has 1 aliphatic rings. The van der Waals surface area contributed by atoms with Crippen LogP contribution in [0.1, 0.15) is 9.67 Å². The predicted molar refractivity (Wildman–Crippen MR) is 127 cm³/mol. The van der Waals surface area contributed by atoms with Gasteiger partial charge in [0.2, 0.25) is 10.0 Å². The van der Waals surface area contributed by atoms with Gasteiger partial charge in [0.05, 0.1) is 15.3 Å². The van der Waals surface area contributed by atoms with Crippen LogP contribution in [0.4, 0.5) is 0 Å². The quantitative estimate of drug-likeness (QED) is 0.391. The SMILES string of the molecule is O=C(c1cc2c(nc3sccn32)s1)N1CCN(S(=O)(=O)c2ccc3ccccc3c2)CC1. The number of sulfonamides is 1. The number of aromatic nitrogens is 2. The highest BCUT2D eigenvalue weighted by molar-refractivity contribution is 7.89. The standard InChI is InChI=1S/C22H18N4O3S3/c27-21(19-14-18-20(31-19)23-22-26(18)11-12-30-22)24-7-9-25(10-8-24)32(28,29)17-6-5-15-3-1-2-4-16(15)13-17/h1-6,11-14H,7-10H2. The first-order valence-corrected chi connectivity index (χ1v) is 13.3. The number of rotatable bonds is 3. The number of benzene rings is 2. The van der Waals surface area contributed by atoms with Crippen molar-refractivity contribution < 1.29 is 13.2 Å². The molecular formula is C22H18N4O3S3. The molecule has 10 heteroatoms. The highest BCUT2D eigenvalue weighted by atomic mass is 32.2. The molecule has 0 bridgehead atoms. The van der Waals surface area contributed by atoms with Crippen molar-refractivity contribution in [3.05, 3.63) is 65.0 Å². The van der Waals surface area contributed by atoms with Gasteiger partial charge in [-0.3, -0.25) is 9.20 Å². The van der Waals surface area contributed by atoms with Crippen molar-refractivity contribution in [2.75, 3.05) is 26.2 Å². The number of fused-ring (bicyclic) bond motifs is 4. The average Bonchev–Trinajstić information content (AvgIpc) is 3.51. The molecule has 1 aliphatic heterocycles. The number of thiophene rings is 1. The van der Waals surface area contributed by atoms with Crippen molar-refractivity contribution in [3.8, 4) is 0 Å². The van der Waals surface area contributed by atoms with Crippen LogP contribution >= 0.6 is 22.7 Å². The molecule has 1 amide bonds. The van der Waals surface area contributed by atoms with E-state index in [0.29, 0.717) is 18.0 Å². The zero-order valence-electron chi connectivity index (χ0n) is 16.8. The van der Waals surface area contributed by atoms with E-state index in [1.54, 1.807) is 28.4 Å². The molecule has 162 valence electrons. The van der Waals surface area contributed by atoms with Crippen LogP contribution in [-0.2, 0) is 10.0 Å². The summed E-state index contributed by atoms with van der Waals surface area (Å²) in [6.07, 6.45) is 1.95. The minimum atomic E-state index is -3.61. The second kappa shape index (κ2) is 7.38. The normalized spacial score (nSPS) is 15.8. The second-order valence-corrected chi connectivity index (χ2v) is 11.5. The Hall–Kier alpha value is -2.79. The summed E-state index contributed by atoms with van der Waals surface area (Å²) in [7, 11) is -3.61. The monoisotopic (exact) mass is 482 g/mol. The zero-order valence-corrected chi connectivity index (χ0v) is 19.3. The van der Waals surface area contributed by atoms with Crippen LogP contribution in [0, 0.1) is 0 Å². The minimum absolute atomic E-state index is 0.0697. The first-order chi connectivity index (χ1) is 15.5. The first-order valence-electron chi connectivity index (χ1n) is 10.1. The molecule has 4 heterocycles. The van der Waals surface area contributed by atoms with Gasteiger partial charge < -0.3 is 4.90 Å². The maximum Gasteiger partial charge on any atom is 0.264 e. The molecule has 0 radical (unpaired) electrons. The molecule has 0 saturated carbocycles. The number of amides is 1. The van der Waals surface area contributed by atoms with Gasteiger partial charge in [0.25, 0.3) is 5.91 Å². The molecule has 5 aromatic rings. The average molecular weight is 483 g/mol. The Morgan fingerprint density at radius 2 is 1.75 bits per heavy atom. The Balaban J connectivity index is 1.19. The third-order valence-electron chi connectivity index (χ3n) is 5.84. The summed E-state index contributed by atoms with van der Waals surface area (Å²) >= 11 is 2.95. The molecule has 2 aromatic carbocycles. The van der Waals surface area contributed by atoms with Crippen LogP contribution in [0.3, 0.4) is 0 Å². The van der Waals surface area contributed by atoms with Crippen molar-refractivity contribution in [2.45, 2.75) is 4.90 Å². The molecule has 7 nitrogen and oxygen atoms in total. The Morgan fingerprint density at radius 3 is 2.56 bits per heavy atom. The van der Waals surface area contributed by atoms with Gasteiger partial charge in [-0.05, 0) is 29.0 Å². The number of carbonyl (C=O) groups excluding carboxylic acids is 1. The van der Waals surface area contributed by atoms with Crippen LogP contribution in [0.5, 0.6) is 0 Å². The third kappa shape index (κ3) is 3.14. The van der Waals surface area contributed by atoms with Gasteiger partial charge in [-0.2, -0.15) is 4.31 Å². The second-order valence-electron chi connectivity index (χ2n) is 7.67. The molecule has 0 aliphatic carbocycles. The van der Waals surface area contributed by atoms with Crippen molar-refractivity contribution in [3.63, 3.8) is 0 Å². The fourth-order valence-electron chi connectivity index (χ4n) is 4.12. The van der Waals surface area contributed by atoms with Gasteiger partial charge >= 0.3 is 0 Å². The molecule has 6 rings (SSSR count). The van der Waals surface area contributed by atoms with E-state index < -0.39 is 10.0 Å². The number of imidazole rings is 1. The Kier molecular flexibility index (Phi) is 4.58. The zero-order chi connectivity index (χ0) is 21.9. The first kappa shape index (κ1) is 19.9. The lowest BCUT2D eigenvalue weighted by Gasteiger charge is -2.33. The van der Waals surface area contributed by atoms with Gasteiger partial charge in [-0.25, -0.2) is 13.4 Å². The van der Waals surface area contributed by atoms with Crippen molar-refractivity contribution in [1.82, 2.24) is 18.6 Å². The van der Waals surface area contributed by atoms with Gasteiger partial charge in [-0.15, -0.1) is 22.7 Å². The highest BCUT2D eigenvalue weighted by Gasteiger charge is 2.31. The van der Waals surface area contributed by atoms with Crippen LogP contribution < -0.4 is 0 Å². The molecule has 0 N–H and O–H groups in total. The number of thiazole rings is 1. The Labute approximate surface area is 192 Å². The van der Waals surface area contributed by atoms with Gasteiger partial charge in [0, 0.05) is 37.8 Å². The van der Waals surface area contributed by atoms with Crippen LogP contribution in [0.2, 0.25) is 0 Å². The molecule has 1 fully saturated rings. The van der Waals surface area contributed by atoms with Gasteiger partial charge in [-0.1, -0.05) is 30.3 Å². The minimum Gasteiger partial charge on any atom is -0.335 e. The summed E-state index contributed by atoms with van der Waals surface area (Å²) in [5, 5.41) is 3.87. The fraction of sp³-hybridized carbons (Fsp3) is 0.182. The summed E-state index contributed by atoms with van der Waals surface area (Å²) in [5.74, 6) is -0.0697. The predicted octanol–water partition coefficient (Wildman–Crippen LogP) is 3.91. The topological polar surface area (TPSA) is 75.0 Å². The van der Waals surface area contributed by atoms with E-state index in [1.165, 1.54) is 15.6 Å². The van der Waals surface area contributed by atoms with E-state index in [9.17, 15) is 13.2 Å². The maximum absolute atomic E-state index is 13.2. The van der Waals surface area contributed by atoms with E-state index >= 15 is 0 Å². The maximum atomic E-state index is 13.2. The number of piperazine rings is 1. The highest BCUT2D eigenvalue weighted by Crippen LogP contribution is 2.29. The summed E-state index contributed by atoms with van der Waals surface area (Å²) in [6.45, 7) is 1.28.